The minimum atomic E-state index is 0.667. The van der Waals surface area contributed by atoms with Crippen LogP contribution in [0.25, 0.3) is 0 Å². The highest BCUT2D eigenvalue weighted by Gasteiger charge is 2.09. The van der Waals surface area contributed by atoms with Gasteiger partial charge in [0.15, 0.2) is 0 Å². The third-order valence-electron chi connectivity index (χ3n) is 3.01. The molecule has 0 amide bonds. The van der Waals surface area contributed by atoms with Gasteiger partial charge in [-0.3, -0.25) is 4.98 Å². The molecule has 20 heavy (non-hydrogen) atoms. The highest BCUT2D eigenvalue weighted by molar-refractivity contribution is 5.56. The van der Waals surface area contributed by atoms with E-state index in [0.717, 1.165) is 35.6 Å². The predicted molar refractivity (Wildman–Crippen MR) is 80.1 cm³/mol. The summed E-state index contributed by atoms with van der Waals surface area (Å²) < 4.78 is 0. The number of aromatic nitrogens is 3. The van der Waals surface area contributed by atoms with Crippen molar-refractivity contribution in [2.75, 3.05) is 10.7 Å². The Hall–Kier alpha value is -2.21. The normalized spacial score (nSPS) is 10.3. The zero-order valence-electron chi connectivity index (χ0n) is 11.8. The first-order chi connectivity index (χ1) is 9.74. The quantitative estimate of drug-likeness (QED) is 0.551. The number of nitrogens with zero attached hydrogens (tertiary/aromatic N) is 3. The lowest BCUT2D eigenvalue weighted by molar-refractivity contribution is 0.830. The van der Waals surface area contributed by atoms with Gasteiger partial charge in [-0.2, -0.15) is 0 Å². The highest BCUT2D eigenvalue weighted by atomic mass is 15.3. The largest absolute Gasteiger partial charge is 0.366 e. The zero-order valence-corrected chi connectivity index (χ0v) is 11.8. The fourth-order valence-electron chi connectivity index (χ4n) is 1.90. The molecule has 0 unspecified atom stereocenters. The molecule has 0 bridgehead atoms. The summed E-state index contributed by atoms with van der Waals surface area (Å²) in [5.74, 6) is 7.79. The Morgan fingerprint density at radius 1 is 1.15 bits per heavy atom. The molecule has 0 aliphatic rings. The number of rotatable bonds is 6. The molecule has 0 fully saturated rings. The van der Waals surface area contributed by atoms with Crippen molar-refractivity contribution >= 4 is 11.6 Å². The molecule has 2 aromatic heterocycles. The van der Waals surface area contributed by atoms with Gasteiger partial charge in [-0.25, -0.2) is 15.8 Å². The third-order valence-corrected chi connectivity index (χ3v) is 3.01. The minimum absolute atomic E-state index is 0.667. The average molecular weight is 272 g/mol. The van der Waals surface area contributed by atoms with E-state index in [1.54, 1.807) is 12.4 Å². The van der Waals surface area contributed by atoms with Crippen LogP contribution in [-0.4, -0.2) is 15.0 Å². The number of pyridine rings is 1. The molecule has 2 aromatic rings. The fourth-order valence-corrected chi connectivity index (χ4v) is 1.90. The van der Waals surface area contributed by atoms with Crippen LogP contribution in [0.15, 0.2) is 24.5 Å². The number of hydrogen-bond acceptors (Lipinski definition) is 6. The Labute approximate surface area is 118 Å². The SMILES string of the molecule is CCCc1nc(NN)c(C)c(NCc2ccncc2)n1. The first-order valence-corrected chi connectivity index (χ1v) is 6.71. The lowest BCUT2D eigenvalue weighted by Crippen LogP contribution is -2.15. The third kappa shape index (κ3) is 3.42. The number of anilines is 2. The Bertz CT molecular complexity index is 555. The number of nitrogens with one attached hydrogen (secondary N) is 2. The number of hydrazine groups is 1. The Morgan fingerprint density at radius 2 is 1.85 bits per heavy atom. The Morgan fingerprint density at radius 3 is 2.50 bits per heavy atom. The second-order valence-electron chi connectivity index (χ2n) is 4.57. The maximum absolute atomic E-state index is 5.52. The van der Waals surface area contributed by atoms with Crippen molar-refractivity contribution in [2.24, 2.45) is 5.84 Å². The van der Waals surface area contributed by atoms with Crippen LogP contribution in [0.4, 0.5) is 11.6 Å². The molecule has 0 aromatic carbocycles. The van der Waals surface area contributed by atoms with E-state index in [1.165, 1.54) is 0 Å². The maximum Gasteiger partial charge on any atom is 0.148 e. The number of nitrogens with two attached hydrogens (primary N) is 1. The summed E-state index contributed by atoms with van der Waals surface area (Å²) >= 11 is 0. The summed E-state index contributed by atoms with van der Waals surface area (Å²) in [5.41, 5.74) is 4.70. The molecular formula is C14H20N6. The van der Waals surface area contributed by atoms with Crippen LogP contribution in [0.1, 0.15) is 30.3 Å². The van der Waals surface area contributed by atoms with Gasteiger partial charge < -0.3 is 10.7 Å². The molecule has 0 spiro atoms. The Kier molecular flexibility index (Phi) is 4.84. The van der Waals surface area contributed by atoms with Gasteiger partial charge in [-0.1, -0.05) is 6.92 Å². The van der Waals surface area contributed by atoms with Crippen LogP contribution in [0.5, 0.6) is 0 Å². The highest BCUT2D eigenvalue weighted by Crippen LogP contribution is 2.20. The van der Waals surface area contributed by atoms with Gasteiger partial charge in [-0.05, 0) is 31.0 Å². The zero-order chi connectivity index (χ0) is 14.4. The molecule has 0 aliphatic carbocycles. The van der Waals surface area contributed by atoms with Crippen molar-refractivity contribution in [3.8, 4) is 0 Å². The second kappa shape index (κ2) is 6.81. The molecule has 4 N–H and O–H groups in total. The van der Waals surface area contributed by atoms with Crippen LogP contribution in [-0.2, 0) is 13.0 Å². The van der Waals surface area contributed by atoms with Crippen molar-refractivity contribution in [2.45, 2.75) is 33.2 Å². The van der Waals surface area contributed by atoms with Crippen LogP contribution < -0.4 is 16.6 Å². The van der Waals surface area contributed by atoms with E-state index >= 15 is 0 Å². The predicted octanol–water partition coefficient (Wildman–Crippen LogP) is 2.03. The topological polar surface area (TPSA) is 88.8 Å². The van der Waals surface area contributed by atoms with E-state index in [4.69, 9.17) is 5.84 Å². The molecule has 106 valence electrons. The minimum Gasteiger partial charge on any atom is -0.366 e. The average Bonchev–Trinajstić information content (AvgIpc) is 2.48. The molecule has 0 saturated heterocycles. The van der Waals surface area contributed by atoms with E-state index in [0.29, 0.717) is 12.4 Å². The van der Waals surface area contributed by atoms with Crippen molar-refractivity contribution in [1.82, 2.24) is 15.0 Å². The van der Waals surface area contributed by atoms with Gasteiger partial charge in [0.05, 0.1) is 0 Å². The first kappa shape index (κ1) is 14.2. The number of nitrogen functional groups attached to an aromatic ring is 1. The summed E-state index contributed by atoms with van der Waals surface area (Å²) in [7, 11) is 0. The molecule has 0 saturated carbocycles. The maximum atomic E-state index is 5.52. The molecule has 0 atom stereocenters. The van der Waals surface area contributed by atoms with Crippen LogP contribution in [0, 0.1) is 6.92 Å². The van der Waals surface area contributed by atoms with Gasteiger partial charge in [0.1, 0.15) is 17.5 Å². The lowest BCUT2D eigenvalue weighted by atomic mass is 10.2. The fraction of sp³-hybridized carbons (Fsp3) is 0.357. The number of hydrogen-bond donors (Lipinski definition) is 3. The smallest absolute Gasteiger partial charge is 0.148 e. The summed E-state index contributed by atoms with van der Waals surface area (Å²) in [5, 5.41) is 3.33. The first-order valence-electron chi connectivity index (χ1n) is 6.71. The standard InChI is InChI=1S/C14H20N6/c1-3-4-12-18-13(10(2)14(19-12)20-15)17-9-11-5-7-16-8-6-11/h5-8H,3-4,9,15H2,1-2H3,(H2,17,18,19,20). The van der Waals surface area contributed by atoms with Crippen molar-refractivity contribution in [3.63, 3.8) is 0 Å². The van der Waals surface area contributed by atoms with Gasteiger partial charge >= 0.3 is 0 Å². The van der Waals surface area contributed by atoms with Gasteiger partial charge in [0, 0.05) is 30.9 Å². The molecule has 0 radical (unpaired) electrons. The van der Waals surface area contributed by atoms with Crippen molar-refractivity contribution < 1.29 is 0 Å². The van der Waals surface area contributed by atoms with E-state index in [9.17, 15) is 0 Å². The molecule has 6 nitrogen and oxygen atoms in total. The van der Waals surface area contributed by atoms with Gasteiger partial charge in [0.2, 0.25) is 0 Å². The summed E-state index contributed by atoms with van der Waals surface area (Å²) in [6.07, 6.45) is 5.38. The van der Waals surface area contributed by atoms with Gasteiger partial charge in [-0.15, -0.1) is 0 Å². The lowest BCUT2D eigenvalue weighted by Gasteiger charge is -2.13. The second-order valence-corrected chi connectivity index (χ2v) is 4.57. The molecular weight excluding hydrogens is 252 g/mol. The van der Waals surface area contributed by atoms with E-state index in [1.807, 2.05) is 19.1 Å². The van der Waals surface area contributed by atoms with Crippen molar-refractivity contribution in [1.29, 1.82) is 0 Å². The van der Waals surface area contributed by atoms with Crippen LogP contribution in [0.3, 0.4) is 0 Å². The van der Waals surface area contributed by atoms with Crippen LogP contribution in [0.2, 0.25) is 0 Å². The summed E-state index contributed by atoms with van der Waals surface area (Å²) in [6, 6.07) is 3.94. The molecule has 2 rings (SSSR count). The summed E-state index contributed by atoms with van der Waals surface area (Å²) in [4.78, 5) is 13.0. The molecule has 6 heteroatoms. The van der Waals surface area contributed by atoms with E-state index in [-0.39, 0.29) is 0 Å². The molecule has 2 heterocycles. The molecule has 0 aliphatic heterocycles. The number of aryl methyl sites for hydroxylation is 1. The van der Waals surface area contributed by atoms with E-state index < -0.39 is 0 Å². The van der Waals surface area contributed by atoms with E-state index in [2.05, 4.69) is 32.6 Å². The summed E-state index contributed by atoms with van der Waals surface area (Å²) in [6.45, 7) is 4.73. The monoisotopic (exact) mass is 272 g/mol. The van der Waals surface area contributed by atoms with Crippen LogP contribution >= 0.6 is 0 Å². The van der Waals surface area contributed by atoms with Crippen molar-refractivity contribution in [3.05, 3.63) is 41.5 Å². The Balaban J connectivity index is 2.19. The van der Waals surface area contributed by atoms with Gasteiger partial charge in [0.25, 0.3) is 0 Å².